The minimum absolute atomic E-state index is 0. The first-order chi connectivity index (χ1) is 18.0. The molecule has 0 spiro atoms. The van der Waals surface area contributed by atoms with Gasteiger partial charge in [-0.05, 0) is 38.1 Å². The standard InChI is InChI=1S/2C15H15NO3.Na.2H2O/c2*1-10-3-5-11(6-4-10)15(19)13-8-7-12(16(13)2)9-14(17)18;;;/h2*3-8H,9H2,1-2H3,(H,17,18);;2*1H2/q;;+1;;. The maximum absolute atomic E-state index is 12.3. The van der Waals surface area contributed by atoms with E-state index in [1.165, 1.54) is 0 Å². The zero-order chi connectivity index (χ0) is 28.0. The number of carbonyl (C=O) groups excluding carboxylic acids is 2. The molecule has 4 aromatic rings. The molecule has 2 aromatic carbocycles. The summed E-state index contributed by atoms with van der Waals surface area (Å²) in [4.78, 5) is 46.0. The number of rotatable bonds is 8. The van der Waals surface area contributed by atoms with E-state index >= 15 is 0 Å². The number of carboxylic acids is 2. The van der Waals surface area contributed by atoms with Crippen LogP contribution in [-0.4, -0.2) is 53.8 Å². The van der Waals surface area contributed by atoms with Gasteiger partial charge < -0.3 is 30.3 Å². The summed E-state index contributed by atoms with van der Waals surface area (Å²) in [6, 6.07) is 21.3. The molecule has 0 aliphatic heterocycles. The van der Waals surface area contributed by atoms with Crippen LogP contribution in [0.15, 0.2) is 72.8 Å². The van der Waals surface area contributed by atoms with Gasteiger partial charge >= 0.3 is 41.5 Å². The Hall–Kier alpha value is -3.80. The van der Waals surface area contributed by atoms with Crippen molar-refractivity contribution >= 4 is 23.5 Å². The van der Waals surface area contributed by atoms with Crippen molar-refractivity contribution in [2.24, 2.45) is 14.1 Å². The number of aliphatic carboxylic acids is 2. The fraction of sp³-hybridized carbons (Fsp3) is 0.200. The number of ketones is 2. The molecule has 41 heavy (non-hydrogen) atoms. The van der Waals surface area contributed by atoms with Crippen LogP contribution in [0.3, 0.4) is 0 Å². The Bertz CT molecular complexity index is 1370. The van der Waals surface area contributed by atoms with Crippen molar-refractivity contribution in [3.8, 4) is 0 Å². The molecule has 0 bridgehead atoms. The van der Waals surface area contributed by atoms with Crippen LogP contribution in [0, 0.1) is 13.8 Å². The van der Waals surface area contributed by atoms with Crippen LogP contribution in [-0.2, 0) is 36.5 Å². The molecular weight excluding hydrogens is 539 g/mol. The van der Waals surface area contributed by atoms with E-state index in [4.69, 9.17) is 10.2 Å². The molecule has 0 unspecified atom stereocenters. The van der Waals surface area contributed by atoms with Crippen LogP contribution in [0.2, 0.25) is 0 Å². The normalized spacial score (nSPS) is 9.66. The molecule has 11 heteroatoms. The van der Waals surface area contributed by atoms with Gasteiger partial charge in [0.15, 0.2) is 0 Å². The average molecular weight is 574 g/mol. The molecule has 0 amide bonds. The minimum Gasteiger partial charge on any atom is -0.481 e. The summed E-state index contributed by atoms with van der Waals surface area (Å²) in [5, 5.41) is 17.6. The van der Waals surface area contributed by atoms with Crippen LogP contribution in [0.25, 0.3) is 0 Å². The molecule has 0 aliphatic rings. The molecule has 0 radical (unpaired) electrons. The van der Waals surface area contributed by atoms with Gasteiger partial charge in [-0.1, -0.05) is 59.7 Å². The van der Waals surface area contributed by atoms with Crippen molar-refractivity contribution in [1.82, 2.24) is 9.13 Å². The van der Waals surface area contributed by atoms with Gasteiger partial charge in [0.05, 0.1) is 24.2 Å². The predicted octanol–water partition coefficient (Wildman–Crippen LogP) is -0.262. The Morgan fingerprint density at radius 3 is 1.12 bits per heavy atom. The largest absolute Gasteiger partial charge is 1.00 e. The summed E-state index contributed by atoms with van der Waals surface area (Å²) >= 11 is 0. The van der Waals surface area contributed by atoms with Gasteiger partial charge in [0.25, 0.3) is 0 Å². The monoisotopic (exact) mass is 573 g/mol. The van der Waals surface area contributed by atoms with Crippen LogP contribution in [0.4, 0.5) is 0 Å². The van der Waals surface area contributed by atoms with E-state index in [0.29, 0.717) is 33.9 Å². The molecular formula is C30H34N2NaO8+. The Labute approximate surface area is 260 Å². The van der Waals surface area contributed by atoms with Gasteiger partial charge in [-0.15, -0.1) is 0 Å². The molecule has 2 heterocycles. The molecule has 2 aromatic heterocycles. The maximum atomic E-state index is 12.3. The van der Waals surface area contributed by atoms with E-state index < -0.39 is 11.9 Å². The van der Waals surface area contributed by atoms with E-state index in [9.17, 15) is 19.2 Å². The van der Waals surface area contributed by atoms with Crippen molar-refractivity contribution in [3.63, 3.8) is 0 Å². The number of hydrogen-bond donors (Lipinski definition) is 2. The fourth-order valence-electron chi connectivity index (χ4n) is 3.93. The Kier molecular flexibility index (Phi) is 14.9. The van der Waals surface area contributed by atoms with E-state index in [1.807, 2.05) is 38.1 Å². The van der Waals surface area contributed by atoms with Crippen LogP contribution < -0.4 is 29.6 Å². The topological polar surface area (TPSA) is 182 Å². The second-order valence-electron chi connectivity index (χ2n) is 9.07. The number of hydrogen-bond acceptors (Lipinski definition) is 4. The van der Waals surface area contributed by atoms with Crippen LogP contribution >= 0.6 is 0 Å². The fourth-order valence-corrected chi connectivity index (χ4v) is 3.93. The van der Waals surface area contributed by atoms with Crippen molar-refractivity contribution in [2.45, 2.75) is 26.7 Å². The number of benzene rings is 2. The van der Waals surface area contributed by atoms with E-state index in [1.54, 1.807) is 71.8 Å². The second-order valence-corrected chi connectivity index (χ2v) is 9.07. The van der Waals surface area contributed by atoms with Crippen LogP contribution in [0.5, 0.6) is 0 Å². The van der Waals surface area contributed by atoms with Gasteiger partial charge in [-0.3, -0.25) is 19.2 Å². The Balaban J connectivity index is 0.000000727. The molecule has 0 atom stereocenters. The predicted molar refractivity (Wildman–Crippen MR) is 150 cm³/mol. The molecule has 10 nitrogen and oxygen atoms in total. The first kappa shape index (κ1) is 37.2. The summed E-state index contributed by atoms with van der Waals surface area (Å²) in [6.45, 7) is 3.92. The van der Waals surface area contributed by atoms with Crippen molar-refractivity contribution in [3.05, 3.63) is 118 Å². The average Bonchev–Trinajstić information content (AvgIpc) is 3.41. The summed E-state index contributed by atoms with van der Waals surface area (Å²) in [5.74, 6) is -2.01. The van der Waals surface area contributed by atoms with E-state index in [0.717, 1.165) is 11.1 Å². The molecule has 0 fully saturated rings. The minimum atomic E-state index is -0.907. The van der Waals surface area contributed by atoms with E-state index in [-0.39, 0.29) is 64.9 Å². The number of carboxylic acid groups (broad SMARTS) is 2. The van der Waals surface area contributed by atoms with Crippen molar-refractivity contribution < 1.29 is 69.9 Å². The van der Waals surface area contributed by atoms with Gasteiger partial charge in [0.1, 0.15) is 0 Å². The van der Waals surface area contributed by atoms with Crippen LogP contribution in [0.1, 0.15) is 54.6 Å². The Morgan fingerprint density at radius 2 is 0.854 bits per heavy atom. The Morgan fingerprint density at radius 1 is 0.561 bits per heavy atom. The third kappa shape index (κ3) is 9.66. The quantitative estimate of drug-likeness (QED) is 0.216. The third-order valence-corrected chi connectivity index (χ3v) is 6.21. The molecule has 6 N–H and O–H groups in total. The second kappa shape index (κ2) is 16.5. The third-order valence-electron chi connectivity index (χ3n) is 6.21. The first-order valence-electron chi connectivity index (χ1n) is 11.9. The summed E-state index contributed by atoms with van der Waals surface area (Å²) in [5.41, 5.74) is 5.62. The number of aromatic nitrogens is 2. The van der Waals surface area contributed by atoms with Gasteiger partial charge in [-0.2, -0.15) is 0 Å². The van der Waals surface area contributed by atoms with Crippen molar-refractivity contribution in [1.29, 1.82) is 0 Å². The zero-order valence-corrected chi connectivity index (χ0v) is 25.8. The maximum Gasteiger partial charge on any atom is 1.00 e. The summed E-state index contributed by atoms with van der Waals surface area (Å²) < 4.78 is 3.27. The zero-order valence-electron chi connectivity index (χ0n) is 23.8. The van der Waals surface area contributed by atoms with E-state index in [2.05, 4.69) is 0 Å². The SMILES string of the molecule is Cc1ccc(C(=O)c2ccc(CC(=O)O)n2C)cc1.Cc1ccc(C(=O)c2ccc(CC(=O)O)n2C)cc1.O.O.[Na+]. The molecule has 0 aliphatic carbocycles. The molecule has 0 saturated carbocycles. The first-order valence-corrected chi connectivity index (χ1v) is 11.9. The number of nitrogens with zero attached hydrogens (tertiary/aromatic N) is 2. The van der Waals surface area contributed by atoms with Gasteiger partial charge in [0.2, 0.25) is 11.6 Å². The molecule has 4 rings (SSSR count). The van der Waals surface area contributed by atoms with Gasteiger partial charge in [-0.25, -0.2) is 0 Å². The number of aryl methyl sites for hydroxylation is 2. The molecule has 212 valence electrons. The van der Waals surface area contributed by atoms with Gasteiger partial charge in [0, 0.05) is 36.6 Å². The summed E-state index contributed by atoms with van der Waals surface area (Å²) in [7, 11) is 3.42. The number of carbonyl (C=O) groups is 4. The smallest absolute Gasteiger partial charge is 0.481 e. The molecule has 0 saturated heterocycles. The summed E-state index contributed by atoms with van der Waals surface area (Å²) in [6.07, 6.45) is -0.171. The van der Waals surface area contributed by atoms with Crippen molar-refractivity contribution in [2.75, 3.05) is 0 Å².